The van der Waals surface area contributed by atoms with E-state index < -0.39 is 10.1 Å². The molecule has 0 aromatic heterocycles. The molecule has 1 unspecified atom stereocenters. The summed E-state index contributed by atoms with van der Waals surface area (Å²) >= 11 is 0. The number of benzene rings is 1. The minimum absolute atomic E-state index is 0.0919. The van der Waals surface area contributed by atoms with Gasteiger partial charge in [0.1, 0.15) is 0 Å². The van der Waals surface area contributed by atoms with Gasteiger partial charge in [-0.25, -0.2) is 0 Å². The molecule has 114 valence electrons. The topological polar surface area (TPSA) is 80.7 Å². The molecular formula is C15H18O5S. The third-order valence-electron chi connectivity index (χ3n) is 3.55. The lowest BCUT2D eigenvalue weighted by Gasteiger charge is -2.20. The molecule has 0 spiro atoms. The zero-order valence-electron chi connectivity index (χ0n) is 11.8. The third kappa shape index (κ3) is 3.92. The van der Waals surface area contributed by atoms with Crippen molar-refractivity contribution in [2.45, 2.75) is 31.1 Å². The highest BCUT2D eigenvalue weighted by Crippen LogP contribution is 2.31. The highest BCUT2D eigenvalue weighted by atomic mass is 32.2. The van der Waals surface area contributed by atoms with Crippen LogP contribution in [0.1, 0.15) is 31.7 Å². The fourth-order valence-corrected chi connectivity index (χ4v) is 2.89. The molecule has 1 N–H and O–H groups in total. The summed E-state index contributed by atoms with van der Waals surface area (Å²) in [6.07, 6.45) is 4.10. The lowest BCUT2D eigenvalue weighted by Crippen LogP contribution is -2.19. The molecule has 0 amide bonds. The molecule has 1 aliphatic rings. The number of allylic oxidation sites excluding steroid dienone is 2. The molecule has 0 saturated carbocycles. The van der Waals surface area contributed by atoms with Crippen molar-refractivity contribution in [2.75, 3.05) is 6.61 Å². The second-order valence-electron chi connectivity index (χ2n) is 4.95. The second kappa shape index (κ2) is 6.41. The Bertz CT molecular complexity index is 643. The number of hydrogen-bond acceptors (Lipinski definition) is 4. The van der Waals surface area contributed by atoms with Gasteiger partial charge in [0, 0.05) is 0 Å². The van der Waals surface area contributed by atoms with Crippen LogP contribution < -0.4 is 0 Å². The Morgan fingerprint density at radius 1 is 1.33 bits per heavy atom. The van der Waals surface area contributed by atoms with Crippen LogP contribution in [0.4, 0.5) is 0 Å². The van der Waals surface area contributed by atoms with Crippen molar-refractivity contribution in [3.8, 4) is 0 Å². The highest BCUT2D eigenvalue weighted by molar-refractivity contribution is 7.85. The van der Waals surface area contributed by atoms with Crippen LogP contribution in [0.15, 0.2) is 35.2 Å². The van der Waals surface area contributed by atoms with Crippen molar-refractivity contribution in [1.29, 1.82) is 0 Å². The summed E-state index contributed by atoms with van der Waals surface area (Å²) in [5.41, 5.74) is 1.99. The molecule has 0 fully saturated rings. The number of hydrogen-bond donors (Lipinski definition) is 1. The van der Waals surface area contributed by atoms with E-state index in [1.807, 2.05) is 6.08 Å². The van der Waals surface area contributed by atoms with Crippen LogP contribution in [0.2, 0.25) is 0 Å². The number of carbonyl (C=O) groups excluding carboxylic acids is 1. The van der Waals surface area contributed by atoms with Gasteiger partial charge in [-0.15, -0.1) is 0 Å². The summed E-state index contributed by atoms with van der Waals surface area (Å²) in [5.74, 6) is -0.250. The first-order chi connectivity index (χ1) is 9.91. The van der Waals surface area contributed by atoms with Gasteiger partial charge in [-0.1, -0.05) is 18.2 Å². The molecule has 1 aromatic rings. The first kappa shape index (κ1) is 15.7. The van der Waals surface area contributed by atoms with Crippen LogP contribution in [0.25, 0.3) is 5.57 Å². The first-order valence-corrected chi connectivity index (χ1v) is 8.29. The Balaban J connectivity index is 2.09. The average Bonchev–Trinajstić information content (AvgIpc) is 2.47. The summed E-state index contributed by atoms with van der Waals surface area (Å²) < 4.78 is 35.9. The van der Waals surface area contributed by atoms with Gasteiger partial charge in [0.2, 0.25) is 0 Å². The van der Waals surface area contributed by atoms with Crippen LogP contribution >= 0.6 is 0 Å². The maximum atomic E-state index is 11.7. The molecule has 0 saturated heterocycles. The maximum Gasteiger partial charge on any atom is 0.309 e. The summed E-state index contributed by atoms with van der Waals surface area (Å²) in [6, 6.07) is 6.09. The van der Waals surface area contributed by atoms with Crippen molar-refractivity contribution in [2.24, 2.45) is 5.92 Å². The number of ether oxygens (including phenoxy) is 1. The van der Waals surface area contributed by atoms with Gasteiger partial charge in [-0.2, -0.15) is 8.42 Å². The van der Waals surface area contributed by atoms with E-state index in [1.165, 1.54) is 12.1 Å². The molecule has 0 radical (unpaired) electrons. The second-order valence-corrected chi connectivity index (χ2v) is 6.37. The lowest BCUT2D eigenvalue weighted by molar-refractivity contribution is -0.148. The Kier molecular flexibility index (Phi) is 4.80. The largest absolute Gasteiger partial charge is 0.466 e. The Morgan fingerprint density at radius 3 is 2.48 bits per heavy atom. The van der Waals surface area contributed by atoms with E-state index in [9.17, 15) is 13.2 Å². The van der Waals surface area contributed by atoms with Crippen LogP contribution in [-0.2, 0) is 19.6 Å². The zero-order valence-corrected chi connectivity index (χ0v) is 12.6. The molecule has 0 aliphatic heterocycles. The molecular weight excluding hydrogens is 292 g/mol. The maximum absolute atomic E-state index is 11.7. The fraction of sp³-hybridized carbons (Fsp3) is 0.400. The van der Waals surface area contributed by atoms with Crippen LogP contribution in [0, 0.1) is 5.92 Å². The van der Waals surface area contributed by atoms with Crippen LogP contribution in [0.5, 0.6) is 0 Å². The van der Waals surface area contributed by atoms with Gasteiger partial charge in [0.05, 0.1) is 17.4 Å². The Hall–Kier alpha value is -1.66. The SMILES string of the molecule is CCOC(=O)C1CC=C(c2ccc(S(=O)(=O)O)cc2)CC1. The molecule has 1 aliphatic carbocycles. The molecule has 1 atom stereocenters. The third-order valence-corrected chi connectivity index (χ3v) is 4.42. The van der Waals surface area contributed by atoms with E-state index in [0.29, 0.717) is 13.0 Å². The van der Waals surface area contributed by atoms with Crippen molar-refractivity contribution < 1.29 is 22.5 Å². The average molecular weight is 310 g/mol. The van der Waals surface area contributed by atoms with Gasteiger partial charge in [0.25, 0.3) is 10.1 Å². The standard InChI is InChI=1S/C15H18O5S/c1-2-20-15(16)13-5-3-11(4-6-13)12-7-9-14(10-8-12)21(17,18)19/h3,7-10,13H,2,4-6H2,1H3,(H,17,18,19). The smallest absolute Gasteiger partial charge is 0.309 e. The van der Waals surface area contributed by atoms with Gasteiger partial charge >= 0.3 is 5.97 Å². The molecule has 21 heavy (non-hydrogen) atoms. The molecule has 6 heteroatoms. The molecule has 5 nitrogen and oxygen atoms in total. The molecule has 0 heterocycles. The van der Waals surface area contributed by atoms with Gasteiger partial charge < -0.3 is 4.74 Å². The van der Waals surface area contributed by atoms with E-state index in [-0.39, 0.29) is 16.8 Å². The van der Waals surface area contributed by atoms with Crippen LogP contribution in [0.3, 0.4) is 0 Å². The summed E-state index contributed by atoms with van der Waals surface area (Å²) in [5, 5.41) is 0. The van der Waals surface area contributed by atoms with E-state index in [0.717, 1.165) is 24.0 Å². The molecule has 1 aromatic carbocycles. The molecule has 0 bridgehead atoms. The normalized spacial score (nSPS) is 19.0. The molecule has 2 rings (SSSR count). The van der Waals surface area contributed by atoms with Crippen molar-refractivity contribution in [3.05, 3.63) is 35.9 Å². The Labute approximate surface area is 124 Å². The van der Waals surface area contributed by atoms with Crippen molar-refractivity contribution >= 4 is 21.7 Å². The summed E-state index contributed by atoms with van der Waals surface area (Å²) in [7, 11) is -4.16. The van der Waals surface area contributed by atoms with Gasteiger partial charge in [-0.3, -0.25) is 9.35 Å². The first-order valence-electron chi connectivity index (χ1n) is 6.85. The van der Waals surface area contributed by atoms with E-state index in [2.05, 4.69) is 0 Å². The Morgan fingerprint density at radius 2 is 2.00 bits per heavy atom. The van der Waals surface area contributed by atoms with Crippen molar-refractivity contribution in [1.82, 2.24) is 0 Å². The zero-order chi connectivity index (χ0) is 15.5. The number of esters is 1. The lowest BCUT2D eigenvalue weighted by atomic mass is 9.87. The number of rotatable bonds is 4. The van der Waals surface area contributed by atoms with Crippen molar-refractivity contribution in [3.63, 3.8) is 0 Å². The predicted octanol–water partition coefficient (Wildman–Crippen LogP) is 2.68. The van der Waals surface area contributed by atoms with Gasteiger partial charge in [0.15, 0.2) is 0 Å². The van der Waals surface area contributed by atoms with Crippen LogP contribution in [-0.4, -0.2) is 25.5 Å². The van der Waals surface area contributed by atoms with E-state index >= 15 is 0 Å². The monoisotopic (exact) mass is 310 g/mol. The highest BCUT2D eigenvalue weighted by Gasteiger charge is 2.23. The van der Waals surface area contributed by atoms with E-state index in [4.69, 9.17) is 9.29 Å². The minimum atomic E-state index is -4.16. The van der Waals surface area contributed by atoms with E-state index in [1.54, 1.807) is 19.1 Å². The summed E-state index contributed by atoms with van der Waals surface area (Å²) in [6.45, 7) is 2.18. The predicted molar refractivity (Wildman–Crippen MR) is 78.2 cm³/mol. The minimum Gasteiger partial charge on any atom is -0.466 e. The summed E-state index contributed by atoms with van der Waals surface area (Å²) in [4.78, 5) is 11.5. The fourth-order valence-electron chi connectivity index (χ4n) is 2.41. The quantitative estimate of drug-likeness (QED) is 0.683. The number of carbonyl (C=O) groups is 1. The van der Waals surface area contributed by atoms with Gasteiger partial charge in [-0.05, 0) is 49.5 Å².